The highest BCUT2D eigenvalue weighted by Gasteiger charge is 2.37. The fourth-order valence-electron chi connectivity index (χ4n) is 3.02. The summed E-state index contributed by atoms with van der Waals surface area (Å²) in [5.74, 6) is 1.39. The Bertz CT molecular complexity index is 333. The van der Waals surface area contributed by atoms with Crippen molar-refractivity contribution in [3.05, 3.63) is 35.9 Å². The molecule has 1 fully saturated rings. The molecular weight excluding hydrogens is 194 g/mol. The van der Waals surface area contributed by atoms with Crippen LogP contribution in [0.1, 0.15) is 38.7 Å². The molecule has 0 spiro atoms. The molecule has 0 aromatic heterocycles. The predicted octanol–water partition coefficient (Wildman–Crippen LogP) is 3.38. The molecule has 1 aromatic carbocycles. The maximum Gasteiger partial charge on any atom is 0.0223 e. The zero-order chi connectivity index (χ0) is 11.6. The van der Waals surface area contributed by atoms with Gasteiger partial charge in [0.15, 0.2) is 0 Å². The van der Waals surface area contributed by atoms with Crippen molar-refractivity contribution in [1.82, 2.24) is 0 Å². The van der Waals surface area contributed by atoms with E-state index < -0.39 is 0 Å². The summed E-state index contributed by atoms with van der Waals surface area (Å²) in [7, 11) is 0. The number of rotatable bonds is 2. The van der Waals surface area contributed by atoms with Gasteiger partial charge in [-0.05, 0) is 30.2 Å². The van der Waals surface area contributed by atoms with Gasteiger partial charge in [-0.2, -0.15) is 0 Å². The van der Waals surface area contributed by atoms with Gasteiger partial charge in [0.1, 0.15) is 0 Å². The second-order valence-corrected chi connectivity index (χ2v) is 5.55. The topological polar surface area (TPSA) is 26.0 Å². The molecule has 1 aromatic rings. The SMILES string of the molecule is CC1CCCC(N)(Cc2ccccc2)C1C. The molecule has 0 heterocycles. The van der Waals surface area contributed by atoms with Gasteiger partial charge in [-0.1, -0.05) is 57.0 Å². The Labute approximate surface area is 99.0 Å². The molecule has 0 bridgehead atoms. The van der Waals surface area contributed by atoms with Crippen LogP contribution >= 0.6 is 0 Å². The van der Waals surface area contributed by atoms with E-state index in [1.54, 1.807) is 0 Å². The monoisotopic (exact) mass is 217 g/mol. The molecule has 3 atom stereocenters. The van der Waals surface area contributed by atoms with Crippen molar-refractivity contribution in [2.24, 2.45) is 17.6 Å². The first-order valence-corrected chi connectivity index (χ1v) is 6.44. The molecule has 2 rings (SSSR count). The molecule has 1 aliphatic carbocycles. The predicted molar refractivity (Wildman–Crippen MR) is 69.2 cm³/mol. The first-order valence-electron chi connectivity index (χ1n) is 6.44. The van der Waals surface area contributed by atoms with Crippen molar-refractivity contribution in [3.8, 4) is 0 Å². The maximum atomic E-state index is 6.63. The Balaban J connectivity index is 2.13. The molecular formula is C15H23N. The smallest absolute Gasteiger partial charge is 0.0223 e. The van der Waals surface area contributed by atoms with Crippen LogP contribution in [0.5, 0.6) is 0 Å². The fourth-order valence-corrected chi connectivity index (χ4v) is 3.02. The molecule has 1 saturated carbocycles. The molecule has 16 heavy (non-hydrogen) atoms. The van der Waals surface area contributed by atoms with Crippen LogP contribution in [0.15, 0.2) is 30.3 Å². The van der Waals surface area contributed by atoms with Gasteiger partial charge in [0.05, 0.1) is 0 Å². The first kappa shape index (κ1) is 11.7. The van der Waals surface area contributed by atoms with Gasteiger partial charge in [-0.15, -0.1) is 0 Å². The lowest BCUT2D eigenvalue weighted by Gasteiger charge is -2.43. The summed E-state index contributed by atoms with van der Waals surface area (Å²) in [6.07, 6.45) is 4.83. The van der Waals surface area contributed by atoms with Crippen LogP contribution in [0.25, 0.3) is 0 Å². The van der Waals surface area contributed by atoms with Crippen molar-refractivity contribution in [3.63, 3.8) is 0 Å². The largest absolute Gasteiger partial charge is 0.325 e. The van der Waals surface area contributed by atoms with E-state index in [1.165, 1.54) is 24.8 Å². The Morgan fingerprint density at radius 1 is 1.25 bits per heavy atom. The Kier molecular flexibility index (Phi) is 3.34. The molecule has 1 nitrogen and oxygen atoms in total. The van der Waals surface area contributed by atoms with Gasteiger partial charge in [0, 0.05) is 5.54 Å². The van der Waals surface area contributed by atoms with Gasteiger partial charge in [0.25, 0.3) is 0 Å². The minimum Gasteiger partial charge on any atom is -0.325 e. The molecule has 3 unspecified atom stereocenters. The minimum atomic E-state index is 0.0129. The van der Waals surface area contributed by atoms with Gasteiger partial charge in [0.2, 0.25) is 0 Å². The molecule has 1 heteroatoms. The molecule has 2 N–H and O–H groups in total. The van der Waals surface area contributed by atoms with Crippen LogP contribution in [0, 0.1) is 11.8 Å². The van der Waals surface area contributed by atoms with Crippen molar-refractivity contribution in [2.75, 3.05) is 0 Å². The summed E-state index contributed by atoms with van der Waals surface area (Å²) >= 11 is 0. The highest BCUT2D eigenvalue weighted by molar-refractivity contribution is 5.18. The molecule has 0 radical (unpaired) electrons. The van der Waals surface area contributed by atoms with E-state index in [2.05, 4.69) is 44.2 Å². The van der Waals surface area contributed by atoms with E-state index in [0.717, 1.165) is 12.3 Å². The molecule has 88 valence electrons. The van der Waals surface area contributed by atoms with Crippen LogP contribution in [0.3, 0.4) is 0 Å². The van der Waals surface area contributed by atoms with Crippen molar-refractivity contribution < 1.29 is 0 Å². The van der Waals surface area contributed by atoms with Gasteiger partial charge in [-0.25, -0.2) is 0 Å². The van der Waals surface area contributed by atoms with E-state index >= 15 is 0 Å². The second-order valence-electron chi connectivity index (χ2n) is 5.55. The van der Waals surface area contributed by atoms with Crippen LogP contribution in [-0.2, 0) is 6.42 Å². The van der Waals surface area contributed by atoms with E-state index in [0.29, 0.717) is 5.92 Å². The highest BCUT2D eigenvalue weighted by atomic mass is 14.8. The zero-order valence-corrected chi connectivity index (χ0v) is 10.4. The summed E-state index contributed by atoms with van der Waals surface area (Å²) in [6.45, 7) is 4.67. The summed E-state index contributed by atoms with van der Waals surface area (Å²) < 4.78 is 0. The average Bonchev–Trinajstić information content (AvgIpc) is 2.27. The van der Waals surface area contributed by atoms with E-state index in [9.17, 15) is 0 Å². The summed E-state index contributed by atoms with van der Waals surface area (Å²) in [4.78, 5) is 0. The zero-order valence-electron chi connectivity index (χ0n) is 10.4. The lowest BCUT2D eigenvalue weighted by atomic mass is 9.66. The second kappa shape index (κ2) is 4.58. The summed E-state index contributed by atoms with van der Waals surface area (Å²) in [5.41, 5.74) is 8.02. The minimum absolute atomic E-state index is 0.0129. The van der Waals surface area contributed by atoms with E-state index in [1.807, 2.05) is 0 Å². The van der Waals surface area contributed by atoms with Crippen molar-refractivity contribution in [2.45, 2.75) is 45.1 Å². The third-order valence-corrected chi connectivity index (χ3v) is 4.44. The Morgan fingerprint density at radius 3 is 2.62 bits per heavy atom. The third kappa shape index (κ3) is 2.30. The molecule has 0 amide bonds. The Hall–Kier alpha value is -0.820. The molecule has 0 aliphatic heterocycles. The maximum absolute atomic E-state index is 6.63. The number of hydrogen-bond donors (Lipinski definition) is 1. The van der Waals surface area contributed by atoms with Crippen LogP contribution < -0.4 is 5.73 Å². The summed E-state index contributed by atoms with van der Waals surface area (Å²) in [6, 6.07) is 10.7. The normalized spacial score (nSPS) is 34.9. The lowest BCUT2D eigenvalue weighted by molar-refractivity contribution is 0.143. The molecule has 0 saturated heterocycles. The third-order valence-electron chi connectivity index (χ3n) is 4.44. The van der Waals surface area contributed by atoms with Gasteiger partial charge < -0.3 is 5.73 Å². The Morgan fingerprint density at radius 2 is 1.94 bits per heavy atom. The number of hydrogen-bond acceptors (Lipinski definition) is 1. The van der Waals surface area contributed by atoms with E-state index in [4.69, 9.17) is 5.73 Å². The number of benzene rings is 1. The van der Waals surface area contributed by atoms with Crippen molar-refractivity contribution >= 4 is 0 Å². The van der Waals surface area contributed by atoms with Gasteiger partial charge in [-0.3, -0.25) is 0 Å². The summed E-state index contributed by atoms with van der Waals surface area (Å²) in [5, 5.41) is 0. The van der Waals surface area contributed by atoms with Crippen LogP contribution in [-0.4, -0.2) is 5.54 Å². The quantitative estimate of drug-likeness (QED) is 0.807. The average molecular weight is 217 g/mol. The lowest BCUT2D eigenvalue weighted by Crippen LogP contribution is -2.52. The molecule has 1 aliphatic rings. The number of nitrogens with two attached hydrogens (primary N) is 1. The van der Waals surface area contributed by atoms with Crippen LogP contribution in [0.2, 0.25) is 0 Å². The van der Waals surface area contributed by atoms with E-state index in [-0.39, 0.29) is 5.54 Å². The van der Waals surface area contributed by atoms with Crippen LogP contribution in [0.4, 0.5) is 0 Å². The van der Waals surface area contributed by atoms with Gasteiger partial charge >= 0.3 is 0 Å². The highest BCUT2D eigenvalue weighted by Crippen LogP contribution is 2.37. The fraction of sp³-hybridized carbons (Fsp3) is 0.600. The standard InChI is InChI=1S/C15H23N/c1-12-7-6-10-15(16,13(12)2)11-14-8-4-3-5-9-14/h3-5,8-9,12-13H,6-7,10-11,16H2,1-2H3. The van der Waals surface area contributed by atoms with Crippen molar-refractivity contribution in [1.29, 1.82) is 0 Å². The first-order chi connectivity index (χ1) is 7.62.